The van der Waals surface area contributed by atoms with Crippen molar-refractivity contribution in [1.29, 1.82) is 0 Å². The predicted octanol–water partition coefficient (Wildman–Crippen LogP) is 4.25. The highest BCUT2D eigenvalue weighted by Crippen LogP contribution is 2.32. The average molecular weight is 451 g/mol. The summed E-state index contributed by atoms with van der Waals surface area (Å²) in [6.07, 6.45) is 0. The van der Waals surface area contributed by atoms with Crippen LogP contribution in [0.25, 0.3) is 10.9 Å². The number of aliphatic imine (C=N–C) groups is 1. The standard InChI is InChI=1S/C28H26N4O2/c1-3-30-25(33)16-12-19-11-15-23-24(17-19)32-28(34)26(23)27(21-7-5-4-6-8-21)31-22-13-9-20(10-14-22)18-29-2/h4-11,13-15,17,29,32,34H,3,18H2,1-2H3,(H,30,33). The monoisotopic (exact) mass is 450 g/mol. The lowest BCUT2D eigenvalue weighted by Gasteiger charge is -2.08. The van der Waals surface area contributed by atoms with E-state index in [4.69, 9.17) is 4.99 Å². The van der Waals surface area contributed by atoms with E-state index in [0.717, 1.165) is 23.2 Å². The molecule has 0 atom stereocenters. The third-order valence-electron chi connectivity index (χ3n) is 5.28. The summed E-state index contributed by atoms with van der Waals surface area (Å²) in [4.78, 5) is 19.6. The maximum atomic E-state index is 11.7. The summed E-state index contributed by atoms with van der Waals surface area (Å²) in [6, 6.07) is 23.3. The lowest BCUT2D eigenvalue weighted by atomic mass is 10.00. The number of nitrogens with zero attached hydrogens (tertiary/aromatic N) is 1. The summed E-state index contributed by atoms with van der Waals surface area (Å²) >= 11 is 0. The Morgan fingerprint density at radius 2 is 1.82 bits per heavy atom. The van der Waals surface area contributed by atoms with Crippen LogP contribution in [-0.4, -0.2) is 35.3 Å². The first-order chi connectivity index (χ1) is 16.6. The summed E-state index contributed by atoms with van der Waals surface area (Å²) in [5.41, 5.74) is 5.50. The van der Waals surface area contributed by atoms with Crippen molar-refractivity contribution in [2.75, 3.05) is 13.6 Å². The van der Waals surface area contributed by atoms with Crippen LogP contribution < -0.4 is 10.6 Å². The number of aromatic amines is 1. The summed E-state index contributed by atoms with van der Waals surface area (Å²) in [6.45, 7) is 3.15. The van der Waals surface area contributed by atoms with E-state index >= 15 is 0 Å². The molecule has 34 heavy (non-hydrogen) atoms. The summed E-state index contributed by atoms with van der Waals surface area (Å²) < 4.78 is 0. The van der Waals surface area contributed by atoms with E-state index in [0.29, 0.717) is 28.9 Å². The van der Waals surface area contributed by atoms with E-state index in [-0.39, 0.29) is 11.8 Å². The van der Waals surface area contributed by atoms with Crippen LogP contribution in [0.3, 0.4) is 0 Å². The highest BCUT2D eigenvalue weighted by molar-refractivity contribution is 6.22. The number of amides is 1. The van der Waals surface area contributed by atoms with Gasteiger partial charge in [-0.3, -0.25) is 4.79 Å². The molecule has 0 unspecified atom stereocenters. The third-order valence-corrected chi connectivity index (χ3v) is 5.28. The van der Waals surface area contributed by atoms with Crippen LogP contribution in [0.15, 0.2) is 77.8 Å². The fourth-order valence-electron chi connectivity index (χ4n) is 3.72. The summed E-state index contributed by atoms with van der Waals surface area (Å²) in [5.74, 6) is 5.15. The molecule has 0 saturated carbocycles. The van der Waals surface area contributed by atoms with E-state index in [1.165, 1.54) is 5.56 Å². The molecule has 4 aromatic rings. The number of hydrogen-bond donors (Lipinski definition) is 4. The quantitative estimate of drug-likeness (QED) is 0.262. The normalized spacial score (nSPS) is 11.2. The Labute approximate surface area is 198 Å². The fraction of sp³-hybridized carbons (Fsp3) is 0.143. The highest BCUT2D eigenvalue weighted by atomic mass is 16.3. The molecule has 0 fully saturated rings. The van der Waals surface area contributed by atoms with Gasteiger partial charge in [0.15, 0.2) is 5.88 Å². The Morgan fingerprint density at radius 1 is 1.06 bits per heavy atom. The van der Waals surface area contributed by atoms with Gasteiger partial charge in [0.25, 0.3) is 5.91 Å². The molecule has 0 radical (unpaired) electrons. The second-order valence-corrected chi connectivity index (χ2v) is 7.74. The molecule has 3 aromatic carbocycles. The molecular weight excluding hydrogens is 424 g/mol. The first-order valence-corrected chi connectivity index (χ1v) is 11.1. The third kappa shape index (κ3) is 5.17. The maximum absolute atomic E-state index is 11.7. The summed E-state index contributed by atoms with van der Waals surface area (Å²) in [7, 11) is 1.91. The smallest absolute Gasteiger partial charge is 0.296 e. The maximum Gasteiger partial charge on any atom is 0.296 e. The molecule has 1 amide bonds. The van der Waals surface area contributed by atoms with Crippen LogP contribution in [-0.2, 0) is 11.3 Å². The van der Waals surface area contributed by atoms with E-state index in [1.54, 1.807) is 0 Å². The minimum absolute atomic E-state index is 0.0261. The second kappa shape index (κ2) is 10.5. The van der Waals surface area contributed by atoms with Gasteiger partial charge in [-0.1, -0.05) is 54.5 Å². The molecule has 0 aliphatic heterocycles. The Morgan fingerprint density at radius 3 is 2.53 bits per heavy atom. The molecule has 170 valence electrons. The molecule has 0 saturated heterocycles. The molecule has 1 aromatic heterocycles. The van der Waals surface area contributed by atoms with Crippen LogP contribution in [0, 0.1) is 11.8 Å². The Balaban J connectivity index is 1.80. The zero-order chi connectivity index (χ0) is 23.9. The first kappa shape index (κ1) is 22.8. The fourth-order valence-corrected chi connectivity index (χ4v) is 3.72. The molecule has 0 aliphatic carbocycles. The van der Waals surface area contributed by atoms with Crippen LogP contribution >= 0.6 is 0 Å². The van der Waals surface area contributed by atoms with Gasteiger partial charge in [0.05, 0.1) is 22.5 Å². The van der Waals surface area contributed by atoms with Crippen LogP contribution in [0.1, 0.15) is 29.2 Å². The molecule has 0 bridgehead atoms. The molecule has 4 N–H and O–H groups in total. The second-order valence-electron chi connectivity index (χ2n) is 7.74. The van der Waals surface area contributed by atoms with Gasteiger partial charge in [-0.05, 0) is 43.8 Å². The minimum Gasteiger partial charge on any atom is -0.494 e. The van der Waals surface area contributed by atoms with Crippen molar-refractivity contribution in [3.8, 4) is 17.7 Å². The number of H-pyrrole nitrogens is 1. The topological polar surface area (TPSA) is 89.5 Å². The van der Waals surface area contributed by atoms with Crippen LogP contribution in [0.5, 0.6) is 5.88 Å². The Kier molecular flexibility index (Phi) is 7.07. The molecule has 6 nitrogen and oxygen atoms in total. The van der Waals surface area contributed by atoms with Crippen molar-refractivity contribution in [1.82, 2.24) is 15.6 Å². The van der Waals surface area contributed by atoms with Gasteiger partial charge in [0.2, 0.25) is 0 Å². The number of aromatic nitrogens is 1. The molecule has 1 heterocycles. The SMILES string of the molecule is CCNC(=O)C#Cc1ccc2c(C(=Nc3ccc(CNC)cc3)c3ccccc3)c(O)[nH]c2c1. The van der Waals surface area contributed by atoms with E-state index in [2.05, 4.69) is 27.5 Å². The first-order valence-electron chi connectivity index (χ1n) is 11.1. The lowest BCUT2D eigenvalue weighted by molar-refractivity contribution is -0.115. The van der Waals surface area contributed by atoms with Crippen molar-refractivity contribution in [3.05, 3.63) is 95.1 Å². The summed E-state index contributed by atoms with van der Waals surface area (Å²) in [5, 5.41) is 17.5. The Bertz CT molecular complexity index is 1390. The number of nitrogens with one attached hydrogen (secondary N) is 3. The molecule has 4 rings (SSSR count). The average Bonchev–Trinajstić information content (AvgIpc) is 3.18. The van der Waals surface area contributed by atoms with Crippen molar-refractivity contribution in [2.45, 2.75) is 13.5 Å². The van der Waals surface area contributed by atoms with Crippen LogP contribution in [0.2, 0.25) is 0 Å². The highest BCUT2D eigenvalue weighted by Gasteiger charge is 2.18. The zero-order valence-corrected chi connectivity index (χ0v) is 19.1. The minimum atomic E-state index is -0.322. The Hall–Kier alpha value is -4.34. The number of fused-ring (bicyclic) bond motifs is 1. The number of hydrogen-bond acceptors (Lipinski definition) is 4. The number of aromatic hydroxyl groups is 1. The number of benzene rings is 3. The van der Waals surface area contributed by atoms with Gasteiger partial charge < -0.3 is 20.7 Å². The van der Waals surface area contributed by atoms with E-state index in [1.807, 2.05) is 86.8 Å². The molecular formula is C28H26N4O2. The largest absolute Gasteiger partial charge is 0.494 e. The molecule has 0 aliphatic rings. The number of carbonyl (C=O) groups excluding carboxylic acids is 1. The number of carbonyl (C=O) groups is 1. The number of rotatable bonds is 6. The molecule has 6 heteroatoms. The zero-order valence-electron chi connectivity index (χ0n) is 19.1. The van der Waals surface area contributed by atoms with Gasteiger partial charge in [0.1, 0.15) is 0 Å². The van der Waals surface area contributed by atoms with Crippen LogP contribution in [0.4, 0.5) is 5.69 Å². The van der Waals surface area contributed by atoms with Gasteiger partial charge in [-0.2, -0.15) is 0 Å². The van der Waals surface area contributed by atoms with Crippen molar-refractivity contribution in [2.24, 2.45) is 4.99 Å². The molecule has 0 spiro atoms. The van der Waals surface area contributed by atoms with Gasteiger partial charge in [-0.25, -0.2) is 4.99 Å². The predicted molar refractivity (Wildman–Crippen MR) is 136 cm³/mol. The van der Waals surface area contributed by atoms with Gasteiger partial charge in [0, 0.05) is 35.5 Å². The van der Waals surface area contributed by atoms with Crippen molar-refractivity contribution < 1.29 is 9.90 Å². The van der Waals surface area contributed by atoms with Gasteiger partial charge >= 0.3 is 0 Å². The van der Waals surface area contributed by atoms with E-state index < -0.39 is 0 Å². The lowest BCUT2D eigenvalue weighted by Crippen LogP contribution is -2.20. The van der Waals surface area contributed by atoms with Gasteiger partial charge in [-0.15, -0.1) is 0 Å². The van der Waals surface area contributed by atoms with E-state index in [9.17, 15) is 9.90 Å². The van der Waals surface area contributed by atoms with Crippen molar-refractivity contribution in [3.63, 3.8) is 0 Å². The van der Waals surface area contributed by atoms with Crippen molar-refractivity contribution >= 4 is 28.2 Å².